The van der Waals surface area contributed by atoms with E-state index in [0.717, 1.165) is 0 Å². The van der Waals surface area contributed by atoms with Crippen molar-refractivity contribution < 1.29 is 13.5 Å². The summed E-state index contributed by atoms with van der Waals surface area (Å²) >= 11 is 0. The lowest BCUT2D eigenvalue weighted by molar-refractivity contribution is 0.189. The summed E-state index contributed by atoms with van der Waals surface area (Å²) in [6, 6.07) is 3.12. The Hall–Kier alpha value is -1.22. The summed E-state index contributed by atoms with van der Waals surface area (Å²) in [5.41, 5.74) is 2.55. The number of pyridine rings is 1. The highest BCUT2D eigenvalue weighted by molar-refractivity contribution is 7.89. The third kappa shape index (κ3) is 2.25. The van der Waals surface area contributed by atoms with Crippen LogP contribution < -0.4 is 11.3 Å². The first-order chi connectivity index (χ1) is 8.05. The van der Waals surface area contributed by atoms with Crippen LogP contribution in [0.4, 0.5) is 5.69 Å². The number of rotatable bonds is 3. The van der Waals surface area contributed by atoms with E-state index in [9.17, 15) is 13.5 Å². The summed E-state index contributed by atoms with van der Waals surface area (Å²) < 4.78 is 25.6. The summed E-state index contributed by atoms with van der Waals surface area (Å²) in [5, 5.41) is 9.26. The molecule has 8 heteroatoms. The zero-order valence-electron chi connectivity index (χ0n) is 9.07. The van der Waals surface area contributed by atoms with Crippen LogP contribution in [-0.4, -0.2) is 42.0 Å². The van der Waals surface area contributed by atoms with Gasteiger partial charge in [0.05, 0.1) is 11.8 Å². The number of nitrogens with two attached hydrogens (primary N) is 1. The highest BCUT2D eigenvalue weighted by Gasteiger charge is 2.33. The molecule has 2 heterocycles. The van der Waals surface area contributed by atoms with Crippen LogP contribution in [-0.2, 0) is 10.0 Å². The van der Waals surface area contributed by atoms with Crippen LogP contribution in [0.5, 0.6) is 0 Å². The van der Waals surface area contributed by atoms with Crippen molar-refractivity contribution in [1.29, 1.82) is 0 Å². The van der Waals surface area contributed by atoms with Gasteiger partial charge in [0.1, 0.15) is 0 Å². The molecule has 0 amide bonds. The van der Waals surface area contributed by atoms with Gasteiger partial charge in [-0.05, 0) is 18.6 Å². The number of nitrogens with one attached hydrogen (secondary N) is 1. The lowest BCUT2D eigenvalue weighted by Gasteiger charge is -2.16. The molecule has 1 aliphatic rings. The Morgan fingerprint density at radius 3 is 2.94 bits per heavy atom. The van der Waals surface area contributed by atoms with Crippen LogP contribution in [0.3, 0.4) is 0 Å². The molecule has 2 rings (SSSR count). The van der Waals surface area contributed by atoms with Crippen molar-refractivity contribution in [2.45, 2.75) is 17.6 Å². The average Bonchev–Trinajstić information content (AvgIpc) is 2.76. The number of anilines is 1. The fourth-order valence-electron chi connectivity index (χ4n) is 1.76. The van der Waals surface area contributed by atoms with Gasteiger partial charge in [0.25, 0.3) is 10.0 Å². The van der Waals surface area contributed by atoms with E-state index in [1.807, 2.05) is 0 Å². The zero-order chi connectivity index (χ0) is 12.5. The average molecular weight is 258 g/mol. The third-order valence-electron chi connectivity index (χ3n) is 2.64. The fourth-order valence-corrected chi connectivity index (χ4v) is 3.32. The van der Waals surface area contributed by atoms with Crippen molar-refractivity contribution in [3.05, 3.63) is 18.3 Å². The van der Waals surface area contributed by atoms with Gasteiger partial charge in [-0.3, -0.25) is 5.84 Å². The van der Waals surface area contributed by atoms with Crippen LogP contribution in [0.1, 0.15) is 6.42 Å². The number of nitrogens with zero attached hydrogens (tertiary/aromatic N) is 2. The van der Waals surface area contributed by atoms with Gasteiger partial charge in [-0.2, -0.15) is 4.31 Å². The number of hydrogen-bond acceptors (Lipinski definition) is 6. The van der Waals surface area contributed by atoms with E-state index in [1.165, 1.54) is 16.6 Å². The first-order valence-electron chi connectivity index (χ1n) is 5.15. The first kappa shape index (κ1) is 12.2. The molecule has 0 aromatic carbocycles. The van der Waals surface area contributed by atoms with Crippen molar-refractivity contribution in [2.75, 3.05) is 18.5 Å². The van der Waals surface area contributed by atoms with Gasteiger partial charge in [-0.25, -0.2) is 13.4 Å². The van der Waals surface area contributed by atoms with Crippen molar-refractivity contribution >= 4 is 15.7 Å². The molecule has 0 radical (unpaired) electrons. The summed E-state index contributed by atoms with van der Waals surface area (Å²) in [4.78, 5) is 3.84. The second kappa shape index (κ2) is 4.57. The van der Waals surface area contributed by atoms with E-state index in [4.69, 9.17) is 5.84 Å². The monoisotopic (exact) mass is 258 g/mol. The summed E-state index contributed by atoms with van der Waals surface area (Å²) in [7, 11) is -3.69. The molecular weight excluding hydrogens is 244 g/mol. The van der Waals surface area contributed by atoms with E-state index in [2.05, 4.69) is 10.4 Å². The van der Waals surface area contributed by atoms with Crippen LogP contribution >= 0.6 is 0 Å². The normalized spacial score (nSPS) is 21.6. The minimum absolute atomic E-state index is 0.100. The predicted molar refractivity (Wildman–Crippen MR) is 61.4 cm³/mol. The number of aliphatic hydroxyl groups is 1. The van der Waals surface area contributed by atoms with Crippen molar-refractivity contribution in [3.63, 3.8) is 0 Å². The van der Waals surface area contributed by atoms with Crippen molar-refractivity contribution in [3.8, 4) is 0 Å². The number of hydrazine groups is 1. The molecule has 1 aromatic heterocycles. The van der Waals surface area contributed by atoms with Crippen molar-refractivity contribution in [2.24, 2.45) is 5.84 Å². The molecule has 4 N–H and O–H groups in total. The molecule has 0 spiro atoms. The van der Waals surface area contributed by atoms with Gasteiger partial charge < -0.3 is 10.5 Å². The van der Waals surface area contributed by atoms with Gasteiger partial charge in [-0.15, -0.1) is 0 Å². The molecule has 0 saturated carbocycles. The minimum Gasteiger partial charge on any atom is -0.392 e. The molecule has 1 atom stereocenters. The molecule has 1 unspecified atom stereocenters. The maximum Gasteiger partial charge on any atom is 0.262 e. The predicted octanol–water partition coefficient (Wildman–Crippen LogP) is -0.877. The van der Waals surface area contributed by atoms with Crippen molar-refractivity contribution in [1.82, 2.24) is 9.29 Å². The Labute approximate surface area is 99.3 Å². The summed E-state index contributed by atoms with van der Waals surface area (Å²) in [6.07, 6.45) is 1.22. The van der Waals surface area contributed by atoms with E-state index in [0.29, 0.717) is 13.0 Å². The van der Waals surface area contributed by atoms with Gasteiger partial charge in [0.15, 0.2) is 5.03 Å². The largest absolute Gasteiger partial charge is 0.392 e. The highest BCUT2D eigenvalue weighted by atomic mass is 32.2. The second-order valence-electron chi connectivity index (χ2n) is 3.81. The number of hydrogen-bond donors (Lipinski definition) is 3. The zero-order valence-corrected chi connectivity index (χ0v) is 9.89. The molecule has 94 valence electrons. The second-order valence-corrected chi connectivity index (χ2v) is 5.66. The topological polar surface area (TPSA) is 109 Å². The number of β-amino-alcohol motifs (C(OH)–C–C–N with tert-alkyl or cyclic N) is 1. The van der Waals surface area contributed by atoms with E-state index < -0.39 is 16.1 Å². The lowest BCUT2D eigenvalue weighted by atomic mass is 10.3. The SMILES string of the molecule is NNc1cccnc1S(=O)(=O)N1CCC(O)C1. The maximum atomic E-state index is 12.2. The van der Waals surface area contributed by atoms with E-state index in [1.54, 1.807) is 6.07 Å². The quantitative estimate of drug-likeness (QED) is 0.480. The molecule has 0 aliphatic carbocycles. The lowest BCUT2D eigenvalue weighted by Crippen LogP contribution is -2.31. The standard InChI is InChI=1S/C9H14N4O3S/c10-12-8-2-1-4-11-9(8)17(15,16)13-5-3-7(14)6-13/h1-2,4,7,12,14H,3,5-6,10H2. The van der Waals surface area contributed by atoms with Crippen LogP contribution in [0, 0.1) is 0 Å². The van der Waals surface area contributed by atoms with Crippen LogP contribution in [0.15, 0.2) is 23.4 Å². The first-order valence-corrected chi connectivity index (χ1v) is 6.59. The van der Waals surface area contributed by atoms with E-state index >= 15 is 0 Å². The Bertz CT molecular complexity index is 505. The van der Waals surface area contributed by atoms with Gasteiger partial charge in [-0.1, -0.05) is 0 Å². The number of aliphatic hydroxyl groups excluding tert-OH is 1. The smallest absolute Gasteiger partial charge is 0.262 e. The Morgan fingerprint density at radius 2 is 2.35 bits per heavy atom. The Kier molecular flexibility index (Phi) is 3.29. The molecule has 1 saturated heterocycles. The third-order valence-corrected chi connectivity index (χ3v) is 4.46. The number of aromatic nitrogens is 1. The van der Waals surface area contributed by atoms with Crippen LogP contribution in [0.25, 0.3) is 0 Å². The molecule has 17 heavy (non-hydrogen) atoms. The molecule has 7 nitrogen and oxygen atoms in total. The molecule has 1 aromatic rings. The summed E-state index contributed by atoms with van der Waals surface area (Å²) in [6.45, 7) is 0.396. The molecule has 1 aliphatic heterocycles. The van der Waals surface area contributed by atoms with Gasteiger partial charge in [0, 0.05) is 19.3 Å². The minimum atomic E-state index is -3.69. The number of nitrogen functional groups attached to an aromatic ring is 1. The Balaban J connectivity index is 2.38. The van der Waals surface area contributed by atoms with Crippen LogP contribution in [0.2, 0.25) is 0 Å². The Morgan fingerprint density at radius 1 is 1.59 bits per heavy atom. The van der Waals surface area contributed by atoms with E-state index in [-0.39, 0.29) is 17.3 Å². The molecular formula is C9H14N4O3S. The van der Waals surface area contributed by atoms with Gasteiger partial charge >= 0.3 is 0 Å². The molecule has 1 fully saturated rings. The molecule has 0 bridgehead atoms. The number of sulfonamides is 1. The maximum absolute atomic E-state index is 12.2. The van der Waals surface area contributed by atoms with Gasteiger partial charge in [0.2, 0.25) is 0 Å². The highest BCUT2D eigenvalue weighted by Crippen LogP contribution is 2.24. The summed E-state index contributed by atoms with van der Waals surface area (Å²) in [5.74, 6) is 5.25. The fraction of sp³-hybridized carbons (Fsp3) is 0.444.